The van der Waals surface area contributed by atoms with Gasteiger partial charge in [0, 0.05) is 50.3 Å². The first-order valence-corrected chi connectivity index (χ1v) is 13.7. The predicted molar refractivity (Wildman–Crippen MR) is 165 cm³/mol. The highest BCUT2D eigenvalue weighted by Gasteiger charge is 2.30. The number of nitrogens with one attached hydrogen (secondary N) is 3. The molecule has 1 fully saturated rings. The molecule has 212 valence electrons. The molecule has 0 bridgehead atoms. The van der Waals surface area contributed by atoms with Gasteiger partial charge in [0.05, 0.1) is 16.8 Å². The van der Waals surface area contributed by atoms with Gasteiger partial charge >= 0.3 is 0 Å². The van der Waals surface area contributed by atoms with E-state index >= 15 is 0 Å². The molecule has 40 heavy (non-hydrogen) atoms. The van der Waals surface area contributed by atoms with Crippen LogP contribution in [0.5, 0.6) is 0 Å². The molecule has 1 saturated heterocycles. The molecule has 1 atom stereocenters. The Morgan fingerprint density at radius 1 is 1.18 bits per heavy atom. The van der Waals surface area contributed by atoms with Gasteiger partial charge in [-0.25, -0.2) is 9.98 Å². The number of amidine groups is 1. The Morgan fingerprint density at radius 3 is 2.62 bits per heavy atom. The minimum absolute atomic E-state index is 0.221. The minimum atomic E-state index is -0.511. The van der Waals surface area contributed by atoms with E-state index in [-0.39, 0.29) is 18.1 Å². The number of nitrogens with zero attached hydrogens (tertiary/aromatic N) is 5. The van der Waals surface area contributed by atoms with E-state index in [2.05, 4.69) is 63.2 Å². The number of aliphatic imine (C=N–C) groups is 2. The highest BCUT2D eigenvalue weighted by molar-refractivity contribution is 6.25. The quantitative estimate of drug-likeness (QED) is 0.157. The Bertz CT molecular complexity index is 1260. The van der Waals surface area contributed by atoms with Crippen LogP contribution >= 0.6 is 0 Å². The molecule has 10 nitrogen and oxygen atoms in total. The Kier molecular flexibility index (Phi) is 9.68. The molecule has 5 N–H and O–H groups in total. The monoisotopic (exact) mass is 543 g/mol. The highest BCUT2D eigenvalue weighted by Crippen LogP contribution is 2.32. The first-order valence-electron chi connectivity index (χ1n) is 13.7. The van der Waals surface area contributed by atoms with Crippen LogP contribution in [0.2, 0.25) is 0 Å². The molecule has 1 aliphatic heterocycles. The Morgan fingerprint density at radius 2 is 1.93 bits per heavy atom. The number of carbonyl (C=O) groups excluding carboxylic acids is 1. The predicted octanol–water partition coefficient (Wildman–Crippen LogP) is 3.11. The third-order valence-corrected chi connectivity index (χ3v) is 7.29. The molecule has 1 aliphatic carbocycles. The summed E-state index contributed by atoms with van der Waals surface area (Å²) in [6.45, 7) is 13.9. The number of likely N-dealkylation sites (N-methyl/N-ethyl adjacent to an activating group) is 1. The number of nitrogens with two attached hydrogens (primary N) is 1. The normalized spacial score (nSPS) is 19.9. The summed E-state index contributed by atoms with van der Waals surface area (Å²) in [5, 5.41) is 9.36. The van der Waals surface area contributed by atoms with Crippen molar-refractivity contribution in [1.82, 2.24) is 15.2 Å². The average molecular weight is 544 g/mol. The van der Waals surface area contributed by atoms with Crippen LogP contribution in [0.15, 0.2) is 70.8 Å². The molecule has 0 saturated carbocycles. The van der Waals surface area contributed by atoms with E-state index in [1.165, 1.54) is 11.9 Å². The van der Waals surface area contributed by atoms with Gasteiger partial charge in [0.2, 0.25) is 0 Å². The lowest BCUT2D eigenvalue weighted by Gasteiger charge is -2.34. The molecule has 2 aromatic rings. The van der Waals surface area contributed by atoms with E-state index < -0.39 is 5.54 Å². The smallest absolute Gasteiger partial charge is 0.256 e. The van der Waals surface area contributed by atoms with Crippen molar-refractivity contribution in [3.05, 3.63) is 72.1 Å². The fourth-order valence-electron chi connectivity index (χ4n) is 4.97. The van der Waals surface area contributed by atoms with Crippen LogP contribution in [-0.2, 0) is 16.8 Å². The second kappa shape index (κ2) is 13.4. The van der Waals surface area contributed by atoms with Crippen molar-refractivity contribution in [3.8, 4) is 0 Å². The van der Waals surface area contributed by atoms with Gasteiger partial charge in [0.15, 0.2) is 0 Å². The van der Waals surface area contributed by atoms with E-state index in [1.54, 1.807) is 6.08 Å². The Labute approximate surface area is 237 Å². The average Bonchev–Trinajstić information content (AvgIpc) is 2.95. The fourth-order valence-corrected chi connectivity index (χ4v) is 4.97. The number of aromatic nitrogens is 1. The summed E-state index contributed by atoms with van der Waals surface area (Å²) in [7, 11) is 2.15. The molecule has 1 aromatic carbocycles. The van der Waals surface area contributed by atoms with Gasteiger partial charge in [0.1, 0.15) is 18.3 Å². The van der Waals surface area contributed by atoms with Crippen molar-refractivity contribution in [2.45, 2.75) is 31.7 Å². The number of hydrogen-bond donors (Lipinski definition) is 4. The second-order valence-electron chi connectivity index (χ2n) is 10.5. The van der Waals surface area contributed by atoms with E-state index in [4.69, 9.17) is 15.7 Å². The molecule has 2 heterocycles. The number of benzene rings is 1. The van der Waals surface area contributed by atoms with Crippen LogP contribution in [0.3, 0.4) is 0 Å². The zero-order chi connectivity index (χ0) is 28.5. The first-order chi connectivity index (χ1) is 19.3. The lowest BCUT2D eigenvalue weighted by molar-refractivity contribution is -0.116. The standard InChI is InChI=1S/C30H41N9O/c1-5-15-33-29(40)25(20-32-3)28(37-26-13-8-22-7-6-14-30(2,31)27(22)36-26)35-21-34-23-9-11-24(12-10-23)39-18-16-38(4)17-19-39/h5,8-13,20,34H,1,3,6-7,14-19,21,31H2,2,4H3,(H,33,40)(H,35,36,37)/b25-20+. The van der Waals surface area contributed by atoms with E-state index in [0.717, 1.165) is 62.4 Å². The number of fused-ring (bicyclic) bond motifs is 1. The van der Waals surface area contributed by atoms with Crippen molar-refractivity contribution in [2.24, 2.45) is 15.7 Å². The highest BCUT2D eigenvalue weighted by atomic mass is 16.1. The van der Waals surface area contributed by atoms with E-state index in [0.29, 0.717) is 18.2 Å². The van der Waals surface area contributed by atoms with Crippen molar-refractivity contribution in [1.29, 1.82) is 0 Å². The maximum Gasteiger partial charge on any atom is 0.256 e. The van der Waals surface area contributed by atoms with Crippen LogP contribution in [0.1, 0.15) is 31.0 Å². The van der Waals surface area contributed by atoms with Crippen LogP contribution in [0.4, 0.5) is 17.2 Å². The van der Waals surface area contributed by atoms with Crippen LogP contribution in [-0.4, -0.2) is 74.8 Å². The van der Waals surface area contributed by atoms with Gasteiger partial charge in [-0.15, -0.1) is 6.58 Å². The number of carbonyl (C=O) groups is 1. The van der Waals surface area contributed by atoms with Crippen molar-refractivity contribution >= 4 is 35.7 Å². The molecule has 0 radical (unpaired) electrons. The number of anilines is 3. The second-order valence-corrected chi connectivity index (χ2v) is 10.5. The molecule has 10 heteroatoms. The van der Waals surface area contributed by atoms with Gasteiger partial charge in [-0.05, 0) is 75.8 Å². The van der Waals surface area contributed by atoms with Crippen molar-refractivity contribution < 1.29 is 4.79 Å². The first kappa shape index (κ1) is 29.0. The zero-order valence-corrected chi connectivity index (χ0v) is 23.6. The van der Waals surface area contributed by atoms with Gasteiger partial charge < -0.3 is 31.5 Å². The summed E-state index contributed by atoms with van der Waals surface area (Å²) in [4.78, 5) is 31.1. The molecule has 4 rings (SSSR count). The maximum atomic E-state index is 13.0. The van der Waals surface area contributed by atoms with Crippen molar-refractivity contribution in [2.75, 3.05) is 62.0 Å². The summed E-state index contributed by atoms with van der Waals surface area (Å²) in [6, 6.07) is 12.3. The zero-order valence-electron chi connectivity index (χ0n) is 23.6. The summed E-state index contributed by atoms with van der Waals surface area (Å²) in [5.41, 5.74) is 10.4. The lowest BCUT2D eigenvalue weighted by atomic mass is 9.82. The Hall–Kier alpha value is -4.02. The molecule has 1 aromatic heterocycles. The van der Waals surface area contributed by atoms with Gasteiger partial charge in [-0.2, -0.15) is 0 Å². The lowest BCUT2D eigenvalue weighted by Crippen LogP contribution is -2.44. The third-order valence-electron chi connectivity index (χ3n) is 7.29. The van der Waals surface area contributed by atoms with E-state index in [9.17, 15) is 4.79 Å². The number of amides is 1. The number of hydrogen-bond acceptors (Lipinski definition) is 8. The topological polar surface area (TPSA) is 123 Å². The van der Waals surface area contributed by atoms with Crippen LogP contribution in [0, 0.1) is 0 Å². The fraction of sp³-hybridized carbons (Fsp3) is 0.400. The number of rotatable bonds is 10. The maximum absolute atomic E-state index is 13.0. The number of aryl methyl sites for hydroxylation is 1. The summed E-state index contributed by atoms with van der Waals surface area (Å²) in [6.07, 6.45) is 5.85. The van der Waals surface area contributed by atoms with Gasteiger partial charge in [-0.1, -0.05) is 12.1 Å². The van der Waals surface area contributed by atoms with Crippen LogP contribution < -0.4 is 26.6 Å². The Balaban J connectivity index is 1.53. The molecular weight excluding hydrogens is 502 g/mol. The number of piperazine rings is 1. The molecule has 1 unspecified atom stereocenters. The van der Waals surface area contributed by atoms with E-state index in [1.807, 2.05) is 31.2 Å². The molecule has 0 spiro atoms. The van der Waals surface area contributed by atoms with Gasteiger partial charge in [-0.3, -0.25) is 9.79 Å². The summed E-state index contributed by atoms with van der Waals surface area (Å²) >= 11 is 0. The summed E-state index contributed by atoms with van der Waals surface area (Å²) < 4.78 is 0. The van der Waals surface area contributed by atoms with Crippen molar-refractivity contribution in [3.63, 3.8) is 0 Å². The molecule has 2 aliphatic rings. The third kappa shape index (κ3) is 7.34. The SMILES string of the molecule is C=CCNC(=O)C(=C/N=C)/C(=N\CNc1ccc(N2CCN(C)CC2)cc1)Nc1ccc2c(n1)C(C)(N)CCC2. The molecule has 1 amide bonds. The van der Waals surface area contributed by atoms with Gasteiger partial charge in [0.25, 0.3) is 5.91 Å². The summed E-state index contributed by atoms with van der Waals surface area (Å²) in [5.74, 6) is 0.522. The molecular formula is C30H41N9O. The minimum Gasteiger partial charge on any atom is -0.369 e. The largest absolute Gasteiger partial charge is 0.369 e. The van der Waals surface area contributed by atoms with Crippen LogP contribution in [0.25, 0.3) is 0 Å². The number of pyridine rings is 1.